The molecule has 7 nitrogen and oxygen atoms in total. The number of aromatic nitrogens is 4. The van der Waals surface area contributed by atoms with Gasteiger partial charge >= 0.3 is 0 Å². The molecule has 3 rings (SSSR count). The van der Waals surface area contributed by atoms with Crippen LogP contribution in [0.1, 0.15) is 33.6 Å². The highest BCUT2D eigenvalue weighted by Gasteiger charge is 2.37. The molecule has 1 saturated heterocycles. The number of aromatic amines is 1. The number of rotatable bonds is 5. The van der Waals surface area contributed by atoms with E-state index in [4.69, 9.17) is 4.74 Å². The highest BCUT2D eigenvalue weighted by molar-refractivity contribution is 5.87. The Morgan fingerprint density at radius 3 is 3.05 bits per heavy atom. The van der Waals surface area contributed by atoms with Crippen LogP contribution < -0.4 is 10.6 Å². The Morgan fingerprint density at radius 1 is 1.48 bits per heavy atom. The van der Waals surface area contributed by atoms with Crippen molar-refractivity contribution >= 4 is 22.8 Å². The molecular formula is C14H22N6O. The molecule has 2 aromatic heterocycles. The van der Waals surface area contributed by atoms with Crippen molar-refractivity contribution < 1.29 is 4.74 Å². The fourth-order valence-electron chi connectivity index (χ4n) is 2.52. The summed E-state index contributed by atoms with van der Waals surface area (Å²) in [6.45, 7) is 7.97. The summed E-state index contributed by atoms with van der Waals surface area (Å²) >= 11 is 0. The Hall–Kier alpha value is -1.89. The molecule has 0 spiro atoms. The van der Waals surface area contributed by atoms with E-state index in [1.807, 2.05) is 0 Å². The maximum absolute atomic E-state index is 5.68. The molecule has 0 aromatic carbocycles. The van der Waals surface area contributed by atoms with Gasteiger partial charge in [-0.3, -0.25) is 5.10 Å². The van der Waals surface area contributed by atoms with Gasteiger partial charge in [-0.15, -0.1) is 0 Å². The van der Waals surface area contributed by atoms with Gasteiger partial charge in [-0.05, 0) is 26.7 Å². The van der Waals surface area contributed by atoms with E-state index in [0.29, 0.717) is 5.95 Å². The van der Waals surface area contributed by atoms with E-state index in [1.165, 1.54) is 0 Å². The van der Waals surface area contributed by atoms with Gasteiger partial charge in [0.15, 0.2) is 5.65 Å². The van der Waals surface area contributed by atoms with Crippen LogP contribution in [-0.2, 0) is 4.74 Å². The van der Waals surface area contributed by atoms with E-state index in [2.05, 4.69) is 51.6 Å². The maximum Gasteiger partial charge on any atom is 0.226 e. The van der Waals surface area contributed by atoms with E-state index in [0.717, 1.165) is 42.8 Å². The summed E-state index contributed by atoms with van der Waals surface area (Å²) in [6, 6.07) is 0. The van der Waals surface area contributed by atoms with Gasteiger partial charge in [0.2, 0.25) is 5.95 Å². The lowest BCUT2D eigenvalue weighted by molar-refractivity contribution is 0.105. The number of ether oxygens (including phenoxy) is 1. The summed E-state index contributed by atoms with van der Waals surface area (Å²) in [5, 5.41) is 14.6. The van der Waals surface area contributed by atoms with Crippen LogP contribution in [0.3, 0.4) is 0 Å². The number of nitrogens with zero attached hydrogens (tertiary/aromatic N) is 3. The highest BCUT2D eigenvalue weighted by atomic mass is 16.5. The van der Waals surface area contributed by atoms with Crippen molar-refractivity contribution in [2.45, 2.75) is 45.3 Å². The summed E-state index contributed by atoms with van der Waals surface area (Å²) in [4.78, 5) is 9.04. The van der Waals surface area contributed by atoms with Gasteiger partial charge in [-0.1, -0.05) is 6.92 Å². The Labute approximate surface area is 123 Å². The lowest BCUT2D eigenvalue weighted by Crippen LogP contribution is -2.41. The summed E-state index contributed by atoms with van der Waals surface area (Å²) < 4.78 is 5.68. The van der Waals surface area contributed by atoms with Crippen LogP contribution in [0, 0.1) is 0 Å². The summed E-state index contributed by atoms with van der Waals surface area (Å²) in [7, 11) is 0. The van der Waals surface area contributed by atoms with E-state index >= 15 is 0 Å². The predicted molar refractivity (Wildman–Crippen MR) is 82.5 cm³/mol. The zero-order chi connectivity index (χ0) is 14.9. The topological polar surface area (TPSA) is 87.8 Å². The SMILES string of the molecule is CCCNc1nc(NC2(C)CCOC2C)c2cn[nH]c2n1. The normalized spacial score (nSPS) is 25.4. The molecule has 7 heteroatoms. The van der Waals surface area contributed by atoms with E-state index in [1.54, 1.807) is 6.20 Å². The van der Waals surface area contributed by atoms with Crippen molar-refractivity contribution in [2.75, 3.05) is 23.8 Å². The molecule has 2 unspecified atom stereocenters. The first-order valence-electron chi connectivity index (χ1n) is 7.47. The van der Waals surface area contributed by atoms with Crippen LogP contribution in [-0.4, -0.2) is 45.0 Å². The molecular weight excluding hydrogens is 268 g/mol. The summed E-state index contributed by atoms with van der Waals surface area (Å²) in [6.07, 6.45) is 3.87. The average Bonchev–Trinajstić information content (AvgIpc) is 3.04. The van der Waals surface area contributed by atoms with Gasteiger partial charge in [0.05, 0.1) is 23.2 Å². The first kappa shape index (κ1) is 14.1. The molecule has 1 aliphatic rings. The molecule has 1 fully saturated rings. The monoisotopic (exact) mass is 290 g/mol. The number of nitrogens with one attached hydrogen (secondary N) is 3. The zero-order valence-electron chi connectivity index (χ0n) is 12.7. The van der Waals surface area contributed by atoms with Gasteiger partial charge in [0.25, 0.3) is 0 Å². The second-order valence-corrected chi connectivity index (χ2v) is 5.76. The Balaban J connectivity index is 1.94. The molecule has 21 heavy (non-hydrogen) atoms. The standard InChI is InChI=1S/C14H22N6O/c1-4-6-15-13-17-11(10-8-16-20-12(10)18-13)19-14(3)5-7-21-9(14)2/h8-9H,4-7H2,1-3H3,(H3,15,16,17,18,19,20). The third kappa shape index (κ3) is 2.65. The molecule has 0 saturated carbocycles. The zero-order valence-corrected chi connectivity index (χ0v) is 12.7. The van der Waals surface area contributed by atoms with Gasteiger partial charge < -0.3 is 15.4 Å². The van der Waals surface area contributed by atoms with Crippen LogP contribution >= 0.6 is 0 Å². The van der Waals surface area contributed by atoms with Crippen molar-refractivity contribution in [1.29, 1.82) is 0 Å². The average molecular weight is 290 g/mol. The minimum absolute atomic E-state index is 0.124. The highest BCUT2D eigenvalue weighted by Crippen LogP contribution is 2.31. The molecule has 3 heterocycles. The summed E-state index contributed by atoms with van der Waals surface area (Å²) in [5.74, 6) is 1.42. The van der Waals surface area contributed by atoms with Crippen molar-refractivity contribution in [1.82, 2.24) is 20.2 Å². The summed E-state index contributed by atoms with van der Waals surface area (Å²) in [5.41, 5.74) is 0.613. The van der Waals surface area contributed by atoms with Gasteiger partial charge in [0.1, 0.15) is 5.82 Å². The maximum atomic E-state index is 5.68. The van der Waals surface area contributed by atoms with Gasteiger partial charge in [0, 0.05) is 13.2 Å². The first-order chi connectivity index (χ1) is 10.1. The quantitative estimate of drug-likeness (QED) is 0.782. The van der Waals surface area contributed by atoms with Crippen LogP contribution in [0.5, 0.6) is 0 Å². The van der Waals surface area contributed by atoms with E-state index < -0.39 is 0 Å². The van der Waals surface area contributed by atoms with Crippen molar-refractivity contribution in [3.63, 3.8) is 0 Å². The Kier molecular flexibility index (Phi) is 3.67. The third-order valence-electron chi connectivity index (χ3n) is 4.13. The van der Waals surface area contributed by atoms with Crippen molar-refractivity contribution in [3.8, 4) is 0 Å². The number of anilines is 2. The molecule has 0 radical (unpaired) electrons. The molecule has 0 bridgehead atoms. The van der Waals surface area contributed by atoms with E-state index in [-0.39, 0.29) is 11.6 Å². The molecule has 2 aromatic rings. The Bertz CT molecular complexity index is 627. The lowest BCUT2D eigenvalue weighted by Gasteiger charge is -2.29. The van der Waals surface area contributed by atoms with Crippen LogP contribution in [0.25, 0.3) is 11.0 Å². The second kappa shape index (κ2) is 5.48. The predicted octanol–water partition coefficient (Wildman–Crippen LogP) is 2.15. The minimum atomic E-state index is -0.124. The Morgan fingerprint density at radius 2 is 2.33 bits per heavy atom. The van der Waals surface area contributed by atoms with Crippen LogP contribution in [0.4, 0.5) is 11.8 Å². The van der Waals surface area contributed by atoms with Crippen molar-refractivity contribution in [2.24, 2.45) is 0 Å². The molecule has 0 amide bonds. The molecule has 3 N–H and O–H groups in total. The van der Waals surface area contributed by atoms with E-state index in [9.17, 15) is 0 Å². The molecule has 2 atom stereocenters. The van der Waals surface area contributed by atoms with Gasteiger partial charge in [-0.2, -0.15) is 15.1 Å². The van der Waals surface area contributed by atoms with Gasteiger partial charge in [-0.25, -0.2) is 0 Å². The second-order valence-electron chi connectivity index (χ2n) is 5.76. The third-order valence-corrected chi connectivity index (χ3v) is 4.13. The molecule has 114 valence electrons. The van der Waals surface area contributed by atoms with Crippen LogP contribution in [0.15, 0.2) is 6.20 Å². The molecule has 1 aliphatic heterocycles. The molecule has 0 aliphatic carbocycles. The number of hydrogen-bond acceptors (Lipinski definition) is 6. The first-order valence-corrected chi connectivity index (χ1v) is 7.47. The fraction of sp³-hybridized carbons (Fsp3) is 0.643. The van der Waals surface area contributed by atoms with Crippen molar-refractivity contribution in [3.05, 3.63) is 6.20 Å². The number of fused-ring (bicyclic) bond motifs is 1. The smallest absolute Gasteiger partial charge is 0.226 e. The fourth-order valence-corrected chi connectivity index (χ4v) is 2.52. The lowest BCUT2D eigenvalue weighted by atomic mass is 9.94. The number of hydrogen-bond donors (Lipinski definition) is 3. The minimum Gasteiger partial charge on any atom is -0.376 e. The largest absolute Gasteiger partial charge is 0.376 e. The number of H-pyrrole nitrogens is 1. The van der Waals surface area contributed by atoms with Crippen LogP contribution in [0.2, 0.25) is 0 Å².